The molecule has 0 amide bonds. The lowest BCUT2D eigenvalue weighted by molar-refractivity contribution is 0.136. The fraction of sp³-hybridized carbons (Fsp3) is 1.00. The average Bonchev–Trinajstić information content (AvgIpc) is 1.95. The monoisotopic (exact) mass is 192 g/mol. The minimum absolute atomic E-state index is 0.150. The molecule has 0 fully saturated rings. The van der Waals surface area contributed by atoms with Crippen LogP contribution in [0.5, 0.6) is 0 Å². The molecule has 0 spiro atoms. The highest BCUT2D eigenvalue weighted by atomic mass is 35.5. The Labute approximate surface area is 81.1 Å². The van der Waals surface area contributed by atoms with Gasteiger partial charge in [-0.05, 0) is 31.1 Å². The first-order valence-electron chi connectivity index (χ1n) is 4.70. The van der Waals surface area contributed by atoms with Crippen LogP contribution in [0.25, 0.3) is 0 Å². The van der Waals surface area contributed by atoms with Crippen LogP contribution in [-0.4, -0.2) is 17.1 Å². The zero-order chi connectivity index (χ0) is 9.61. The standard InChI is InChI=1S/C10H21ClO/c1-10(2,3)7-6-9(12)5-4-8-11/h9,12H,4-8H2,1-3H3. The van der Waals surface area contributed by atoms with E-state index in [9.17, 15) is 5.11 Å². The molecule has 1 atom stereocenters. The van der Waals surface area contributed by atoms with Crippen LogP contribution in [0.2, 0.25) is 0 Å². The van der Waals surface area contributed by atoms with Gasteiger partial charge in [0.1, 0.15) is 0 Å². The largest absolute Gasteiger partial charge is 0.393 e. The third kappa shape index (κ3) is 8.35. The Hall–Kier alpha value is 0.250. The van der Waals surface area contributed by atoms with E-state index in [0.29, 0.717) is 11.3 Å². The molecule has 0 radical (unpaired) electrons. The summed E-state index contributed by atoms with van der Waals surface area (Å²) in [5, 5.41) is 9.48. The smallest absolute Gasteiger partial charge is 0.0540 e. The normalized spacial score (nSPS) is 14.8. The van der Waals surface area contributed by atoms with Gasteiger partial charge in [0, 0.05) is 5.88 Å². The molecule has 12 heavy (non-hydrogen) atoms. The van der Waals surface area contributed by atoms with E-state index in [1.165, 1.54) is 0 Å². The van der Waals surface area contributed by atoms with Crippen LogP contribution in [-0.2, 0) is 0 Å². The molecule has 0 aliphatic carbocycles. The minimum atomic E-state index is -0.150. The summed E-state index contributed by atoms with van der Waals surface area (Å²) in [5.74, 6) is 0.659. The van der Waals surface area contributed by atoms with E-state index in [1.54, 1.807) is 0 Å². The Balaban J connectivity index is 3.37. The van der Waals surface area contributed by atoms with Gasteiger partial charge in [0.15, 0.2) is 0 Å². The van der Waals surface area contributed by atoms with Crippen LogP contribution >= 0.6 is 11.6 Å². The molecule has 0 aliphatic heterocycles. The van der Waals surface area contributed by atoms with Gasteiger partial charge in [-0.15, -0.1) is 11.6 Å². The van der Waals surface area contributed by atoms with Crippen LogP contribution in [0.3, 0.4) is 0 Å². The van der Waals surface area contributed by atoms with Crippen molar-refractivity contribution < 1.29 is 5.11 Å². The number of aliphatic hydroxyl groups excluding tert-OH is 1. The van der Waals surface area contributed by atoms with Crippen molar-refractivity contribution in [3.63, 3.8) is 0 Å². The molecule has 1 unspecified atom stereocenters. The Kier molecular flexibility index (Phi) is 5.94. The maximum Gasteiger partial charge on any atom is 0.0540 e. The molecule has 0 saturated carbocycles. The Morgan fingerprint density at radius 2 is 1.83 bits per heavy atom. The molecular weight excluding hydrogens is 172 g/mol. The molecule has 0 aromatic carbocycles. The third-order valence-electron chi connectivity index (χ3n) is 1.90. The van der Waals surface area contributed by atoms with E-state index in [-0.39, 0.29) is 6.10 Å². The summed E-state index contributed by atoms with van der Waals surface area (Å²) in [6, 6.07) is 0. The van der Waals surface area contributed by atoms with Gasteiger partial charge in [0.05, 0.1) is 6.10 Å². The third-order valence-corrected chi connectivity index (χ3v) is 2.17. The predicted molar refractivity (Wildman–Crippen MR) is 54.6 cm³/mol. The second-order valence-corrected chi connectivity index (χ2v) is 4.96. The number of hydrogen-bond donors (Lipinski definition) is 1. The lowest BCUT2D eigenvalue weighted by atomic mass is 9.88. The van der Waals surface area contributed by atoms with Crippen molar-refractivity contribution in [3.05, 3.63) is 0 Å². The van der Waals surface area contributed by atoms with Crippen LogP contribution in [0.1, 0.15) is 46.5 Å². The van der Waals surface area contributed by atoms with E-state index in [0.717, 1.165) is 25.7 Å². The maximum atomic E-state index is 9.48. The molecule has 74 valence electrons. The summed E-state index contributed by atoms with van der Waals surface area (Å²) >= 11 is 5.52. The minimum Gasteiger partial charge on any atom is -0.393 e. The Morgan fingerprint density at radius 3 is 2.25 bits per heavy atom. The second-order valence-electron chi connectivity index (χ2n) is 4.58. The molecule has 0 heterocycles. The zero-order valence-corrected chi connectivity index (χ0v) is 9.19. The van der Waals surface area contributed by atoms with Crippen molar-refractivity contribution in [2.75, 3.05) is 5.88 Å². The highest BCUT2D eigenvalue weighted by Crippen LogP contribution is 2.22. The quantitative estimate of drug-likeness (QED) is 0.664. The van der Waals surface area contributed by atoms with E-state index in [4.69, 9.17) is 11.6 Å². The average molecular weight is 193 g/mol. The van der Waals surface area contributed by atoms with Crippen molar-refractivity contribution in [3.8, 4) is 0 Å². The highest BCUT2D eigenvalue weighted by molar-refractivity contribution is 6.17. The molecular formula is C10H21ClO. The summed E-state index contributed by atoms with van der Waals surface area (Å²) < 4.78 is 0. The van der Waals surface area contributed by atoms with E-state index < -0.39 is 0 Å². The van der Waals surface area contributed by atoms with Gasteiger partial charge < -0.3 is 5.11 Å². The van der Waals surface area contributed by atoms with Gasteiger partial charge in [-0.25, -0.2) is 0 Å². The number of alkyl halides is 1. The highest BCUT2D eigenvalue weighted by Gasteiger charge is 2.12. The molecule has 0 aromatic heterocycles. The Bertz CT molecular complexity index is 107. The van der Waals surface area contributed by atoms with E-state index >= 15 is 0 Å². The first kappa shape index (κ1) is 12.2. The SMILES string of the molecule is CC(C)(C)CCC(O)CCCCl. The summed E-state index contributed by atoms with van der Waals surface area (Å²) in [7, 11) is 0. The Morgan fingerprint density at radius 1 is 1.25 bits per heavy atom. The van der Waals surface area contributed by atoms with Gasteiger partial charge in [-0.1, -0.05) is 20.8 Å². The van der Waals surface area contributed by atoms with Crippen LogP contribution in [0, 0.1) is 5.41 Å². The second kappa shape index (κ2) is 5.82. The number of halogens is 1. The summed E-state index contributed by atoms with van der Waals surface area (Å²) in [6.07, 6.45) is 3.60. The summed E-state index contributed by atoms with van der Waals surface area (Å²) in [6.45, 7) is 6.59. The van der Waals surface area contributed by atoms with Gasteiger partial charge >= 0.3 is 0 Å². The number of hydrogen-bond acceptors (Lipinski definition) is 1. The summed E-state index contributed by atoms with van der Waals surface area (Å²) in [4.78, 5) is 0. The zero-order valence-electron chi connectivity index (χ0n) is 8.44. The lowest BCUT2D eigenvalue weighted by Gasteiger charge is -2.20. The van der Waals surface area contributed by atoms with Crippen molar-refractivity contribution >= 4 is 11.6 Å². The van der Waals surface area contributed by atoms with Crippen LogP contribution in [0.15, 0.2) is 0 Å². The summed E-state index contributed by atoms with van der Waals surface area (Å²) in [5.41, 5.74) is 0.335. The van der Waals surface area contributed by atoms with Crippen LogP contribution < -0.4 is 0 Å². The van der Waals surface area contributed by atoms with Gasteiger partial charge in [0.2, 0.25) is 0 Å². The number of aliphatic hydroxyl groups is 1. The van der Waals surface area contributed by atoms with E-state index in [2.05, 4.69) is 20.8 Å². The fourth-order valence-electron chi connectivity index (χ4n) is 1.06. The van der Waals surface area contributed by atoms with Crippen molar-refractivity contribution in [1.82, 2.24) is 0 Å². The van der Waals surface area contributed by atoms with Crippen molar-refractivity contribution in [1.29, 1.82) is 0 Å². The van der Waals surface area contributed by atoms with Crippen molar-refractivity contribution in [2.45, 2.75) is 52.6 Å². The maximum absolute atomic E-state index is 9.48. The first-order valence-corrected chi connectivity index (χ1v) is 5.23. The molecule has 0 aromatic rings. The van der Waals surface area contributed by atoms with Gasteiger partial charge in [-0.3, -0.25) is 0 Å². The lowest BCUT2D eigenvalue weighted by Crippen LogP contribution is -2.12. The van der Waals surface area contributed by atoms with E-state index in [1.807, 2.05) is 0 Å². The molecule has 0 rings (SSSR count). The predicted octanol–water partition coefficient (Wildman–Crippen LogP) is 3.19. The molecule has 1 nitrogen and oxygen atoms in total. The van der Waals surface area contributed by atoms with Crippen LogP contribution in [0.4, 0.5) is 0 Å². The van der Waals surface area contributed by atoms with Gasteiger partial charge in [-0.2, -0.15) is 0 Å². The van der Waals surface area contributed by atoms with Gasteiger partial charge in [0.25, 0.3) is 0 Å². The fourth-order valence-corrected chi connectivity index (χ4v) is 1.21. The topological polar surface area (TPSA) is 20.2 Å². The molecule has 0 aliphatic rings. The number of rotatable bonds is 5. The molecule has 2 heteroatoms. The van der Waals surface area contributed by atoms with Crippen molar-refractivity contribution in [2.24, 2.45) is 5.41 Å². The molecule has 1 N–H and O–H groups in total. The molecule has 0 bridgehead atoms. The first-order chi connectivity index (χ1) is 5.45. The molecule has 0 saturated heterocycles.